The van der Waals surface area contributed by atoms with Crippen molar-refractivity contribution < 1.29 is 4.39 Å². The van der Waals surface area contributed by atoms with Crippen LogP contribution in [0.15, 0.2) is 40.9 Å². The van der Waals surface area contributed by atoms with Crippen LogP contribution in [-0.2, 0) is 0 Å². The van der Waals surface area contributed by atoms with E-state index in [4.69, 9.17) is 17.3 Å². The van der Waals surface area contributed by atoms with Gasteiger partial charge in [0.15, 0.2) is 5.82 Å². The van der Waals surface area contributed by atoms with Crippen LogP contribution in [0.5, 0.6) is 0 Å². The summed E-state index contributed by atoms with van der Waals surface area (Å²) in [7, 11) is 0. The molecule has 21 heavy (non-hydrogen) atoms. The lowest BCUT2D eigenvalue weighted by atomic mass is 10.1. The Morgan fingerprint density at radius 2 is 2.00 bits per heavy atom. The number of nitrogen functional groups attached to an aromatic ring is 1. The SMILES string of the molecule is Nc1ccc(F)cc1-c1nnnn1-c1cc(Cl)ccc1Br. The zero-order valence-corrected chi connectivity index (χ0v) is 12.8. The van der Waals surface area contributed by atoms with Crippen LogP contribution in [0.2, 0.25) is 5.02 Å². The van der Waals surface area contributed by atoms with Crippen LogP contribution < -0.4 is 5.73 Å². The van der Waals surface area contributed by atoms with E-state index in [0.29, 0.717) is 27.8 Å². The summed E-state index contributed by atoms with van der Waals surface area (Å²) in [5, 5.41) is 12.0. The lowest BCUT2D eigenvalue weighted by molar-refractivity contribution is 0.628. The number of anilines is 1. The maximum atomic E-state index is 13.5. The third-order valence-corrected chi connectivity index (χ3v) is 3.77. The second-order valence-corrected chi connectivity index (χ2v) is 5.53. The summed E-state index contributed by atoms with van der Waals surface area (Å²) in [6.07, 6.45) is 0. The highest BCUT2D eigenvalue weighted by Crippen LogP contribution is 2.30. The largest absolute Gasteiger partial charge is 0.398 e. The Morgan fingerprint density at radius 3 is 2.81 bits per heavy atom. The molecule has 0 saturated carbocycles. The monoisotopic (exact) mass is 367 g/mol. The van der Waals surface area contributed by atoms with Gasteiger partial charge < -0.3 is 5.73 Å². The van der Waals surface area contributed by atoms with Crippen LogP contribution in [0.25, 0.3) is 17.1 Å². The predicted molar refractivity (Wildman–Crippen MR) is 81.7 cm³/mol. The molecule has 0 aliphatic heterocycles. The number of benzene rings is 2. The van der Waals surface area contributed by atoms with E-state index in [0.717, 1.165) is 4.47 Å². The van der Waals surface area contributed by atoms with Gasteiger partial charge in [0.25, 0.3) is 0 Å². The second kappa shape index (κ2) is 5.42. The molecule has 0 spiro atoms. The highest BCUT2D eigenvalue weighted by molar-refractivity contribution is 9.10. The van der Waals surface area contributed by atoms with Crippen molar-refractivity contribution in [2.75, 3.05) is 5.73 Å². The molecule has 0 atom stereocenters. The van der Waals surface area contributed by atoms with Gasteiger partial charge in [0.1, 0.15) is 5.82 Å². The predicted octanol–water partition coefficient (Wildman–Crippen LogP) is 3.47. The third kappa shape index (κ3) is 2.62. The van der Waals surface area contributed by atoms with E-state index in [1.54, 1.807) is 18.2 Å². The molecule has 3 aromatic rings. The Morgan fingerprint density at radius 1 is 1.19 bits per heavy atom. The van der Waals surface area contributed by atoms with E-state index in [2.05, 4.69) is 31.5 Å². The van der Waals surface area contributed by atoms with Gasteiger partial charge in [0, 0.05) is 20.7 Å². The van der Waals surface area contributed by atoms with Crippen molar-refractivity contribution in [3.8, 4) is 17.1 Å². The zero-order valence-electron chi connectivity index (χ0n) is 10.5. The number of aromatic nitrogens is 4. The summed E-state index contributed by atoms with van der Waals surface area (Å²) in [5.41, 5.74) is 7.30. The Balaban J connectivity index is 2.22. The smallest absolute Gasteiger partial charge is 0.189 e. The molecule has 1 heterocycles. The Kier molecular flexibility index (Phi) is 3.60. The first-order valence-corrected chi connectivity index (χ1v) is 7.02. The van der Waals surface area contributed by atoms with E-state index >= 15 is 0 Å². The topological polar surface area (TPSA) is 69.6 Å². The molecule has 0 aliphatic carbocycles. The van der Waals surface area contributed by atoms with Crippen LogP contribution in [0.1, 0.15) is 0 Å². The van der Waals surface area contributed by atoms with Crippen molar-refractivity contribution in [1.82, 2.24) is 20.2 Å². The lowest BCUT2D eigenvalue weighted by Crippen LogP contribution is -2.03. The maximum Gasteiger partial charge on any atom is 0.189 e. The molecule has 0 bridgehead atoms. The Bertz CT molecular complexity index is 754. The fourth-order valence-corrected chi connectivity index (χ4v) is 2.47. The van der Waals surface area contributed by atoms with E-state index in [1.807, 2.05) is 0 Å². The molecule has 0 aliphatic rings. The highest BCUT2D eigenvalue weighted by Gasteiger charge is 2.16. The van der Waals surface area contributed by atoms with Gasteiger partial charge in [-0.25, -0.2) is 4.39 Å². The molecule has 0 unspecified atom stereocenters. The van der Waals surface area contributed by atoms with Crippen LogP contribution in [-0.4, -0.2) is 20.2 Å². The van der Waals surface area contributed by atoms with Crippen molar-refractivity contribution in [3.63, 3.8) is 0 Å². The Hall–Kier alpha value is -1.99. The molecule has 106 valence electrons. The minimum absolute atomic E-state index is 0.329. The average molecular weight is 369 g/mol. The number of hydrogen-bond donors (Lipinski definition) is 1. The molecule has 0 saturated heterocycles. The number of hydrogen-bond acceptors (Lipinski definition) is 4. The minimum atomic E-state index is -0.418. The summed E-state index contributed by atoms with van der Waals surface area (Å²) >= 11 is 9.41. The van der Waals surface area contributed by atoms with E-state index < -0.39 is 5.82 Å². The molecule has 0 amide bonds. The Labute approximate surface area is 132 Å². The van der Waals surface area contributed by atoms with Gasteiger partial charge in [-0.3, -0.25) is 0 Å². The van der Waals surface area contributed by atoms with Crippen molar-refractivity contribution in [2.45, 2.75) is 0 Å². The van der Waals surface area contributed by atoms with Crippen molar-refractivity contribution in [3.05, 3.63) is 51.7 Å². The minimum Gasteiger partial charge on any atom is -0.398 e. The second-order valence-electron chi connectivity index (χ2n) is 4.24. The van der Waals surface area contributed by atoms with E-state index in [-0.39, 0.29) is 0 Å². The molecule has 8 heteroatoms. The quantitative estimate of drug-likeness (QED) is 0.703. The molecule has 3 rings (SSSR count). The number of nitrogens with zero attached hydrogens (tertiary/aromatic N) is 4. The van der Waals surface area contributed by atoms with Crippen LogP contribution in [0.4, 0.5) is 10.1 Å². The molecule has 0 radical (unpaired) electrons. The van der Waals surface area contributed by atoms with Gasteiger partial charge in [0.2, 0.25) is 0 Å². The molecular formula is C13H8BrClFN5. The summed E-state index contributed by atoms with van der Waals surface area (Å²) in [6.45, 7) is 0. The molecule has 0 fully saturated rings. The van der Waals surface area contributed by atoms with Gasteiger partial charge in [-0.1, -0.05) is 11.6 Å². The summed E-state index contributed by atoms with van der Waals surface area (Å²) in [5.74, 6) is -0.0890. The van der Waals surface area contributed by atoms with E-state index in [9.17, 15) is 4.39 Å². The average Bonchev–Trinajstić information content (AvgIpc) is 2.93. The normalized spacial score (nSPS) is 10.8. The maximum absolute atomic E-state index is 13.5. The fraction of sp³-hybridized carbons (Fsp3) is 0. The first kappa shape index (κ1) is 14.0. The molecule has 1 aromatic heterocycles. The van der Waals surface area contributed by atoms with Gasteiger partial charge in [-0.15, -0.1) is 5.10 Å². The summed E-state index contributed by atoms with van der Waals surface area (Å²) < 4.78 is 15.6. The summed E-state index contributed by atoms with van der Waals surface area (Å²) in [6, 6.07) is 9.24. The third-order valence-electron chi connectivity index (χ3n) is 2.86. The van der Waals surface area contributed by atoms with Gasteiger partial charge in [0.05, 0.1) is 5.69 Å². The molecule has 2 N–H and O–H groups in total. The first-order valence-electron chi connectivity index (χ1n) is 5.85. The van der Waals surface area contributed by atoms with E-state index in [1.165, 1.54) is 22.9 Å². The molecule has 2 aromatic carbocycles. The highest BCUT2D eigenvalue weighted by atomic mass is 79.9. The molecule has 5 nitrogen and oxygen atoms in total. The van der Waals surface area contributed by atoms with Crippen molar-refractivity contribution >= 4 is 33.2 Å². The summed E-state index contributed by atoms with van der Waals surface area (Å²) in [4.78, 5) is 0. The van der Waals surface area contributed by atoms with Crippen LogP contribution >= 0.6 is 27.5 Å². The fourth-order valence-electron chi connectivity index (χ4n) is 1.89. The van der Waals surface area contributed by atoms with Gasteiger partial charge in [-0.2, -0.15) is 4.68 Å². The number of halogens is 3. The van der Waals surface area contributed by atoms with Crippen LogP contribution in [0, 0.1) is 5.82 Å². The van der Waals surface area contributed by atoms with Crippen molar-refractivity contribution in [1.29, 1.82) is 0 Å². The number of nitrogens with two attached hydrogens (primary N) is 1. The lowest BCUT2D eigenvalue weighted by Gasteiger charge is -2.09. The standard InChI is InChI=1S/C13H8BrClFN5/c14-10-3-1-7(15)5-12(10)21-13(18-19-20-21)9-6-8(16)2-4-11(9)17/h1-6H,17H2. The number of rotatable bonds is 2. The zero-order chi connectivity index (χ0) is 15.0. The first-order chi connectivity index (χ1) is 10.1. The molecular weight excluding hydrogens is 361 g/mol. The van der Waals surface area contributed by atoms with Crippen LogP contribution in [0.3, 0.4) is 0 Å². The van der Waals surface area contributed by atoms with Gasteiger partial charge >= 0.3 is 0 Å². The van der Waals surface area contributed by atoms with Gasteiger partial charge in [-0.05, 0) is 62.8 Å². The van der Waals surface area contributed by atoms with Crippen molar-refractivity contribution in [2.24, 2.45) is 0 Å². The number of tetrazole rings is 1.